The van der Waals surface area contributed by atoms with Crippen molar-refractivity contribution in [2.45, 2.75) is 27.7 Å². The summed E-state index contributed by atoms with van der Waals surface area (Å²) in [6.07, 6.45) is 0. The van der Waals surface area contributed by atoms with Gasteiger partial charge in [-0.05, 0) is 86.3 Å². The summed E-state index contributed by atoms with van der Waals surface area (Å²) in [6, 6.07) is 52.8. The molecule has 0 aliphatic carbocycles. The van der Waals surface area contributed by atoms with Gasteiger partial charge in [0.2, 0.25) is 0 Å². The highest BCUT2D eigenvalue weighted by atomic mass is 15.0. The maximum Gasteiger partial charge on any atom is 0.200 e. The second-order valence-electron chi connectivity index (χ2n) is 14.4. The molecule has 0 saturated carbocycles. The first-order valence-corrected chi connectivity index (χ1v) is 18.5. The molecule has 2 aromatic heterocycles. The molecule has 5 nitrogen and oxygen atoms in total. The van der Waals surface area contributed by atoms with Gasteiger partial charge in [-0.1, -0.05) is 138 Å². The highest BCUT2D eigenvalue weighted by molar-refractivity contribution is 6.11. The first kappa shape index (κ1) is 33.7. The summed E-state index contributed by atoms with van der Waals surface area (Å²) >= 11 is 0. The fourth-order valence-electron chi connectivity index (χ4n) is 7.81. The third kappa shape index (κ3) is 6.34. The Hall–Kier alpha value is -7.16. The molecule has 0 N–H and O–H groups in total. The second kappa shape index (κ2) is 13.7. The first-order chi connectivity index (χ1) is 26.8. The van der Waals surface area contributed by atoms with Crippen molar-refractivity contribution >= 4 is 27.5 Å². The van der Waals surface area contributed by atoms with E-state index in [1.165, 1.54) is 44.5 Å². The zero-order chi connectivity index (χ0) is 37.6. The molecule has 0 bridgehead atoms. The Morgan fingerprint density at radius 1 is 0.418 bits per heavy atom. The van der Waals surface area contributed by atoms with Crippen molar-refractivity contribution in [3.05, 3.63) is 185 Å². The molecule has 9 aromatic rings. The summed E-state index contributed by atoms with van der Waals surface area (Å²) in [7, 11) is 0. The molecule has 0 atom stereocenters. The minimum atomic E-state index is 0.462. The molecule has 55 heavy (non-hydrogen) atoms. The van der Waals surface area contributed by atoms with E-state index in [2.05, 4.69) is 116 Å². The van der Waals surface area contributed by atoms with Crippen molar-refractivity contribution in [1.29, 1.82) is 0 Å². The number of rotatable bonds is 6. The van der Waals surface area contributed by atoms with Gasteiger partial charge in [-0.3, -0.25) is 0 Å². The van der Waals surface area contributed by atoms with Crippen molar-refractivity contribution in [2.75, 3.05) is 0 Å². The van der Waals surface area contributed by atoms with Crippen molar-refractivity contribution in [3.8, 4) is 62.1 Å². The van der Waals surface area contributed by atoms with Crippen LogP contribution in [-0.4, -0.2) is 19.5 Å². The topological polar surface area (TPSA) is 48.0 Å². The van der Waals surface area contributed by atoms with E-state index in [-0.39, 0.29) is 0 Å². The molecule has 0 amide bonds. The Bertz CT molecular complexity index is 2760. The molecular weight excluding hydrogens is 671 g/mol. The van der Waals surface area contributed by atoms with E-state index in [9.17, 15) is 0 Å². The van der Waals surface area contributed by atoms with Gasteiger partial charge in [0.15, 0.2) is 23.2 Å². The molecule has 0 aliphatic rings. The average molecular weight is 708 g/mol. The Morgan fingerprint density at radius 2 is 0.873 bits per heavy atom. The standard InChI is InChI=1S/C50H37N5/c1-31-22-32(2)25-39(24-31)37-16-20-46-43(28-37)44-29-38(40-26-33(3)23-34(4)27-40)17-21-47(44)55(46)41-18-19-42(45(30-41)51-5)50-53-48(35-12-8-6-9-13-35)52-49(54-50)36-14-10-7-11-15-36/h6-30H,1-4H3. The lowest BCUT2D eigenvalue weighted by atomic mass is 9.97. The van der Waals surface area contributed by atoms with Crippen LogP contribution in [0.2, 0.25) is 0 Å². The van der Waals surface area contributed by atoms with Crippen LogP contribution in [0.1, 0.15) is 22.3 Å². The fourth-order valence-corrected chi connectivity index (χ4v) is 7.81. The number of fused-ring (bicyclic) bond motifs is 3. The smallest absolute Gasteiger partial charge is 0.200 e. The van der Waals surface area contributed by atoms with E-state index < -0.39 is 0 Å². The van der Waals surface area contributed by atoms with E-state index in [1.807, 2.05) is 72.8 Å². The lowest BCUT2D eigenvalue weighted by Gasteiger charge is -2.13. The molecule has 0 aliphatic heterocycles. The number of benzene rings is 7. The van der Waals surface area contributed by atoms with E-state index in [0.717, 1.165) is 38.6 Å². The fraction of sp³-hybridized carbons (Fsp3) is 0.0800. The number of aromatic nitrogens is 4. The van der Waals surface area contributed by atoms with Crippen LogP contribution in [0.5, 0.6) is 0 Å². The van der Waals surface area contributed by atoms with Crippen molar-refractivity contribution in [3.63, 3.8) is 0 Å². The SMILES string of the molecule is [C-]#[N+]c1cc(-n2c3ccc(-c4cc(C)cc(C)c4)cc3c3cc(-c4cc(C)cc(C)c4)ccc32)ccc1-c1nc(-c2ccccc2)nc(-c2ccccc2)n1. The van der Waals surface area contributed by atoms with Crippen molar-refractivity contribution < 1.29 is 0 Å². The highest BCUT2D eigenvalue weighted by Gasteiger charge is 2.19. The quantitative estimate of drug-likeness (QED) is 0.162. The first-order valence-electron chi connectivity index (χ1n) is 18.5. The molecule has 5 heteroatoms. The third-order valence-electron chi connectivity index (χ3n) is 10.2. The van der Waals surface area contributed by atoms with Crippen LogP contribution in [0.4, 0.5) is 5.69 Å². The number of aryl methyl sites for hydroxylation is 4. The molecule has 0 unspecified atom stereocenters. The lowest BCUT2D eigenvalue weighted by Crippen LogP contribution is -2.01. The molecule has 0 fully saturated rings. The van der Waals surface area contributed by atoms with Crippen LogP contribution in [0.25, 0.3) is 88.8 Å². The minimum absolute atomic E-state index is 0.462. The normalized spacial score (nSPS) is 11.3. The molecule has 262 valence electrons. The summed E-state index contributed by atoms with van der Waals surface area (Å²) < 4.78 is 2.28. The highest BCUT2D eigenvalue weighted by Crippen LogP contribution is 2.40. The van der Waals surface area contributed by atoms with Crippen LogP contribution in [0.15, 0.2) is 152 Å². The summed E-state index contributed by atoms with van der Waals surface area (Å²) in [5.41, 5.74) is 15.6. The second-order valence-corrected chi connectivity index (χ2v) is 14.4. The molecular formula is C50H37N5. The van der Waals surface area contributed by atoms with Crippen LogP contribution in [0.3, 0.4) is 0 Å². The molecule has 9 rings (SSSR count). The van der Waals surface area contributed by atoms with Gasteiger partial charge in [-0.15, -0.1) is 0 Å². The monoisotopic (exact) mass is 707 g/mol. The van der Waals surface area contributed by atoms with Gasteiger partial charge in [0.05, 0.1) is 17.6 Å². The van der Waals surface area contributed by atoms with Gasteiger partial charge in [-0.2, -0.15) is 0 Å². The van der Waals surface area contributed by atoms with Crippen LogP contribution >= 0.6 is 0 Å². The summed E-state index contributed by atoms with van der Waals surface area (Å²) in [4.78, 5) is 18.8. The largest absolute Gasteiger partial charge is 0.311 e. The van der Waals surface area contributed by atoms with Crippen LogP contribution in [0, 0.1) is 34.3 Å². The predicted octanol–water partition coefficient (Wildman–Crippen LogP) is 13.1. The van der Waals surface area contributed by atoms with E-state index in [4.69, 9.17) is 21.5 Å². The van der Waals surface area contributed by atoms with Crippen LogP contribution < -0.4 is 0 Å². The molecule has 0 saturated heterocycles. The number of hydrogen-bond acceptors (Lipinski definition) is 3. The van der Waals surface area contributed by atoms with E-state index in [1.54, 1.807) is 0 Å². The maximum absolute atomic E-state index is 8.38. The Kier molecular flexibility index (Phi) is 8.37. The average Bonchev–Trinajstić information content (AvgIpc) is 3.53. The predicted molar refractivity (Wildman–Crippen MR) is 227 cm³/mol. The zero-order valence-corrected chi connectivity index (χ0v) is 31.2. The summed E-state index contributed by atoms with van der Waals surface area (Å²) in [5.74, 6) is 1.58. The Balaban J connectivity index is 1.24. The van der Waals surface area contributed by atoms with E-state index >= 15 is 0 Å². The van der Waals surface area contributed by atoms with Gasteiger partial charge < -0.3 is 4.57 Å². The Morgan fingerprint density at radius 3 is 1.33 bits per heavy atom. The van der Waals surface area contributed by atoms with Crippen molar-refractivity contribution in [1.82, 2.24) is 19.5 Å². The summed E-state index contributed by atoms with van der Waals surface area (Å²) in [6.45, 7) is 17.0. The molecule has 0 radical (unpaired) electrons. The Labute approximate surface area is 321 Å². The van der Waals surface area contributed by atoms with E-state index in [0.29, 0.717) is 28.7 Å². The number of hydrogen-bond donors (Lipinski definition) is 0. The zero-order valence-electron chi connectivity index (χ0n) is 31.2. The van der Waals surface area contributed by atoms with Gasteiger partial charge in [0.25, 0.3) is 0 Å². The van der Waals surface area contributed by atoms with Crippen molar-refractivity contribution in [2.24, 2.45) is 0 Å². The van der Waals surface area contributed by atoms with Crippen LogP contribution in [-0.2, 0) is 0 Å². The third-order valence-corrected chi connectivity index (χ3v) is 10.2. The minimum Gasteiger partial charge on any atom is -0.311 e. The van der Waals surface area contributed by atoms with Gasteiger partial charge in [0.1, 0.15) is 0 Å². The van der Waals surface area contributed by atoms with Gasteiger partial charge in [-0.25, -0.2) is 19.8 Å². The van der Waals surface area contributed by atoms with Gasteiger partial charge in [0, 0.05) is 33.2 Å². The number of nitrogens with zero attached hydrogens (tertiary/aromatic N) is 5. The van der Waals surface area contributed by atoms with Gasteiger partial charge >= 0.3 is 0 Å². The molecule has 2 heterocycles. The molecule has 7 aromatic carbocycles. The summed E-state index contributed by atoms with van der Waals surface area (Å²) in [5, 5.41) is 2.31. The molecule has 0 spiro atoms. The maximum atomic E-state index is 8.38. The lowest BCUT2D eigenvalue weighted by molar-refractivity contribution is 1.07.